The summed E-state index contributed by atoms with van der Waals surface area (Å²) in [4.78, 5) is 21.4. The molecule has 0 fully saturated rings. The Morgan fingerprint density at radius 1 is 1.09 bits per heavy atom. The van der Waals surface area contributed by atoms with Crippen LogP contribution >= 0.6 is 0 Å². The summed E-state index contributed by atoms with van der Waals surface area (Å²) in [6.07, 6.45) is -2.44. The van der Waals surface area contributed by atoms with Crippen molar-refractivity contribution in [1.29, 1.82) is 0 Å². The summed E-state index contributed by atoms with van der Waals surface area (Å²) in [5.74, 6) is 0.667. The lowest BCUT2D eigenvalue weighted by Gasteiger charge is -2.19. The molecule has 1 aliphatic rings. The molecule has 8 heteroatoms. The van der Waals surface area contributed by atoms with Crippen LogP contribution < -0.4 is 10.2 Å². The molecule has 0 aliphatic carbocycles. The topological polar surface area (TPSA) is 48.5 Å². The van der Waals surface area contributed by atoms with Gasteiger partial charge in [-0.2, -0.15) is 0 Å². The van der Waals surface area contributed by atoms with Crippen LogP contribution in [0.15, 0.2) is 60.8 Å². The molecule has 0 saturated carbocycles. The fourth-order valence-corrected chi connectivity index (χ4v) is 4.35. The average Bonchev–Trinajstić information content (AvgIpc) is 3.28. The number of carbonyl (C=O) groups is 1. The van der Waals surface area contributed by atoms with Gasteiger partial charge in [-0.25, -0.2) is 18.2 Å². The smallest absolute Gasteiger partial charge is 0.273 e. The molecule has 1 aromatic heterocycles. The van der Waals surface area contributed by atoms with Gasteiger partial charge in [-0.05, 0) is 73.5 Å². The van der Waals surface area contributed by atoms with Gasteiger partial charge in [0.25, 0.3) is 12.3 Å². The molecule has 35 heavy (non-hydrogen) atoms. The molecule has 0 spiro atoms. The Bertz CT molecular complexity index is 1180. The summed E-state index contributed by atoms with van der Waals surface area (Å²) in [6, 6.07) is 15.8. The Morgan fingerprint density at radius 2 is 1.86 bits per heavy atom. The highest BCUT2D eigenvalue weighted by Crippen LogP contribution is 2.36. The van der Waals surface area contributed by atoms with Gasteiger partial charge in [0.15, 0.2) is 6.17 Å². The summed E-state index contributed by atoms with van der Waals surface area (Å²) >= 11 is 0. The number of hydrogen-bond acceptors (Lipinski definition) is 4. The Hall–Kier alpha value is -3.39. The van der Waals surface area contributed by atoms with E-state index in [-0.39, 0.29) is 11.5 Å². The van der Waals surface area contributed by atoms with Gasteiger partial charge in [-0.1, -0.05) is 30.3 Å². The third-order valence-corrected chi connectivity index (χ3v) is 6.10. The first-order chi connectivity index (χ1) is 16.8. The van der Waals surface area contributed by atoms with Crippen LogP contribution in [-0.4, -0.2) is 55.9 Å². The van der Waals surface area contributed by atoms with Crippen molar-refractivity contribution in [3.8, 4) is 0 Å². The monoisotopic (exact) mass is 482 g/mol. The molecular weight excluding hydrogens is 453 g/mol. The number of benzene rings is 2. The molecule has 3 aromatic rings. The van der Waals surface area contributed by atoms with Crippen molar-refractivity contribution in [2.75, 3.05) is 38.6 Å². The Kier molecular flexibility index (Phi) is 7.70. The largest absolute Gasteiger partial charge is 0.351 e. The maximum absolute atomic E-state index is 13.8. The van der Waals surface area contributed by atoms with E-state index < -0.39 is 12.6 Å². The lowest BCUT2D eigenvalue weighted by atomic mass is 10.0. The molecule has 1 atom stereocenters. The normalized spacial score (nSPS) is 13.9. The van der Waals surface area contributed by atoms with Gasteiger partial charge in [-0.3, -0.25) is 4.79 Å². The highest BCUT2D eigenvalue weighted by atomic mass is 19.3. The second-order valence-electron chi connectivity index (χ2n) is 8.94. The maximum Gasteiger partial charge on any atom is 0.273 e. The first-order valence-electron chi connectivity index (χ1n) is 11.6. The number of likely N-dealkylation sites (N-methyl/N-ethyl adjacent to an activating group) is 1. The van der Waals surface area contributed by atoms with E-state index in [4.69, 9.17) is 0 Å². The van der Waals surface area contributed by atoms with Crippen molar-refractivity contribution in [1.82, 2.24) is 15.2 Å². The molecule has 2 heterocycles. The number of fused-ring (bicyclic) bond motifs is 1. The number of carbonyl (C=O) groups excluding carboxylic acids is 1. The third-order valence-electron chi connectivity index (χ3n) is 6.10. The molecule has 2 aromatic carbocycles. The third kappa shape index (κ3) is 5.82. The second-order valence-corrected chi connectivity index (χ2v) is 8.94. The van der Waals surface area contributed by atoms with Crippen LogP contribution in [0, 0.1) is 0 Å². The number of halogens is 3. The molecule has 184 valence electrons. The lowest BCUT2D eigenvalue weighted by molar-refractivity contribution is 0.0495. The van der Waals surface area contributed by atoms with E-state index in [9.17, 15) is 18.0 Å². The van der Waals surface area contributed by atoms with Gasteiger partial charge in [-0.15, -0.1) is 0 Å². The van der Waals surface area contributed by atoms with Crippen LogP contribution in [0.5, 0.6) is 0 Å². The Balaban J connectivity index is 1.52. The Morgan fingerprint density at radius 3 is 2.63 bits per heavy atom. The van der Waals surface area contributed by atoms with Gasteiger partial charge in [0, 0.05) is 37.1 Å². The van der Waals surface area contributed by atoms with Crippen molar-refractivity contribution in [2.24, 2.45) is 0 Å². The lowest BCUT2D eigenvalue weighted by Crippen LogP contribution is -2.31. The first-order valence-corrected chi connectivity index (χ1v) is 11.6. The zero-order chi connectivity index (χ0) is 24.9. The molecule has 0 saturated heterocycles. The number of nitrogens with one attached hydrogen (secondary N) is 1. The summed E-state index contributed by atoms with van der Waals surface area (Å²) < 4.78 is 39.3. The van der Waals surface area contributed by atoms with Gasteiger partial charge in [0.05, 0.1) is 0 Å². The van der Waals surface area contributed by atoms with E-state index in [1.165, 1.54) is 12.1 Å². The number of anilines is 2. The minimum absolute atomic E-state index is 0.0170. The summed E-state index contributed by atoms with van der Waals surface area (Å²) in [6.45, 7) is 2.03. The van der Waals surface area contributed by atoms with Crippen molar-refractivity contribution < 1.29 is 18.0 Å². The quantitative estimate of drug-likeness (QED) is 0.470. The SMILES string of the molecule is CN(C)CCNC(=O)c1cccc2c1CCN2c1cc(Cc2cccc(C(F)C(F)F)c2)ccn1. The molecule has 1 N–H and O–H groups in total. The fourth-order valence-electron chi connectivity index (χ4n) is 4.35. The number of pyridine rings is 1. The number of rotatable bonds is 9. The minimum Gasteiger partial charge on any atom is -0.351 e. The van der Waals surface area contributed by atoms with Crippen LogP contribution in [0.25, 0.3) is 0 Å². The summed E-state index contributed by atoms with van der Waals surface area (Å²) in [7, 11) is 3.92. The zero-order valence-corrected chi connectivity index (χ0v) is 19.8. The number of amides is 1. The van der Waals surface area contributed by atoms with Crippen LogP contribution in [0.1, 0.15) is 38.8 Å². The highest BCUT2D eigenvalue weighted by Gasteiger charge is 2.26. The average molecular weight is 483 g/mol. The van der Waals surface area contributed by atoms with Gasteiger partial charge in [0.2, 0.25) is 0 Å². The minimum atomic E-state index is -3.05. The molecule has 1 amide bonds. The predicted molar refractivity (Wildman–Crippen MR) is 131 cm³/mol. The number of hydrogen-bond donors (Lipinski definition) is 1. The molecule has 1 aliphatic heterocycles. The van der Waals surface area contributed by atoms with Crippen molar-refractivity contribution in [2.45, 2.75) is 25.4 Å². The van der Waals surface area contributed by atoms with Crippen LogP contribution in [0.4, 0.5) is 24.7 Å². The van der Waals surface area contributed by atoms with Crippen molar-refractivity contribution >= 4 is 17.4 Å². The number of alkyl halides is 3. The standard InChI is InChI=1S/C27H29F3N4O/c1-33(2)14-12-32-27(35)22-7-4-8-23-21(22)10-13-34(23)24-17-19(9-11-31-24)15-18-5-3-6-20(16-18)25(28)26(29)30/h3-9,11,16-17,25-26H,10,12-15H2,1-2H3,(H,32,35). The molecular formula is C27H29F3N4O. The van der Waals surface area contributed by atoms with E-state index in [0.717, 1.165) is 41.2 Å². The molecule has 0 radical (unpaired) electrons. The van der Waals surface area contributed by atoms with E-state index >= 15 is 0 Å². The second kappa shape index (κ2) is 10.9. The molecule has 1 unspecified atom stereocenters. The van der Waals surface area contributed by atoms with Crippen molar-refractivity contribution in [3.05, 3.63) is 88.6 Å². The Labute approximate surface area is 203 Å². The molecule has 0 bridgehead atoms. The van der Waals surface area contributed by atoms with Crippen molar-refractivity contribution in [3.63, 3.8) is 0 Å². The number of aromatic nitrogens is 1. The molecule has 4 rings (SSSR count). The van der Waals surface area contributed by atoms with E-state index in [1.54, 1.807) is 18.3 Å². The number of nitrogens with zero attached hydrogens (tertiary/aromatic N) is 3. The van der Waals surface area contributed by atoms with Crippen LogP contribution in [-0.2, 0) is 12.8 Å². The van der Waals surface area contributed by atoms with E-state index in [2.05, 4.69) is 15.2 Å². The predicted octanol–water partition coefficient (Wildman–Crippen LogP) is 4.93. The van der Waals surface area contributed by atoms with Gasteiger partial charge in [0.1, 0.15) is 5.82 Å². The highest BCUT2D eigenvalue weighted by molar-refractivity contribution is 5.98. The van der Waals surface area contributed by atoms with E-state index in [0.29, 0.717) is 25.1 Å². The van der Waals surface area contributed by atoms with Gasteiger partial charge < -0.3 is 15.1 Å². The molecule has 5 nitrogen and oxygen atoms in total. The van der Waals surface area contributed by atoms with Gasteiger partial charge >= 0.3 is 0 Å². The van der Waals surface area contributed by atoms with Crippen LogP contribution in [0.3, 0.4) is 0 Å². The fraction of sp³-hybridized carbons (Fsp3) is 0.333. The first kappa shape index (κ1) is 24.7. The zero-order valence-electron chi connectivity index (χ0n) is 19.8. The summed E-state index contributed by atoms with van der Waals surface area (Å²) in [5, 5.41) is 2.98. The summed E-state index contributed by atoms with van der Waals surface area (Å²) in [5.41, 5.74) is 4.30. The van der Waals surface area contributed by atoms with Crippen LogP contribution in [0.2, 0.25) is 0 Å². The van der Waals surface area contributed by atoms with E-state index in [1.807, 2.05) is 49.3 Å². The maximum atomic E-state index is 13.8.